The number of nitrogens with zero attached hydrogens (tertiary/aromatic N) is 2. The molecule has 5 nitrogen and oxygen atoms in total. The Labute approximate surface area is 141 Å². The van der Waals surface area contributed by atoms with Gasteiger partial charge in [0.1, 0.15) is 5.75 Å². The van der Waals surface area contributed by atoms with Crippen LogP contribution in [-0.4, -0.2) is 42.0 Å². The lowest BCUT2D eigenvalue weighted by atomic mass is 9.90. The molecule has 0 bridgehead atoms. The molecule has 0 aliphatic carbocycles. The number of carbonyl (C=O) groups excluding carboxylic acids is 1. The SMILES string of the molecule is O=C(C1CCOc2ccccc21)N1CCNCC1c1ccncc1. The zero-order chi connectivity index (χ0) is 16.4. The van der Waals surface area contributed by atoms with Crippen molar-refractivity contribution >= 4 is 5.91 Å². The highest BCUT2D eigenvalue weighted by molar-refractivity contribution is 5.85. The van der Waals surface area contributed by atoms with E-state index in [1.165, 1.54) is 0 Å². The molecule has 124 valence electrons. The number of benzene rings is 1. The van der Waals surface area contributed by atoms with Gasteiger partial charge >= 0.3 is 0 Å². The van der Waals surface area contributed by atoms with Gasteiger partial charge in [0.15, 0.2) is 0 Å². The number of ether oxygens (including phenoxy) is 1. The van der Waals surface area contributed by atoms with Crippen molar-refractivity contribution in [3.05, 3.63) is 59.9 Å². The van der Waals surface area contributed by atoms with Crippen molar-refractivity contribution in [2.24, 2.45) is 0 Å². The van der Waals surface area contributed by atoms with Crippen molar-refractivity contribution in [1.82, 2.24) is 15.2 Å². The summed E-state index contributed by atoms with van der Waals surface area (Å²) in [7, 11) is 0. The largest absolute Gasteiger partial charge is 0.493 e. The summed E-state index contributed by atoms with van der Waals surface area (Å²) in [6.07, 6.45) is 4.32. The van der Waals surface area contributed by atoms with Crippen LogP contribution in [0.5, 0.6) is 5.75 Å². The molecule has 0 spiro atoms. The highest BCUT2D eigenvalue weighted by Gasteiger charge is 2.35. The molecule has 0 saturated carbocycles. The van der Waals surface area contributed by atoms with Gasteiger partial charge in [0.05, 0.1) is 18.6 Å². The zero-order valence-electron chi connectivity index (χ0n) is 13.5. The second-order valence-corrected chi connectivity index (χ2v) is 6.26. The summed E-state index contributed by atoms with van der Waals surface area (Å²) < 4.78 is 5.71. The number of aromatic nitrogens is 1. The molecule has 1 fully saturated rings. The predicted molar refractivity (Wildman–Crippen MR) is 90.9 cm³/mol. The molecule has 2 atom stereocenters. The maximum atomic E-state index is 13.3. The van der Waals surface area contributed by atoms with Gasteiger partial charge in [-0.15, -0.1) is 0 Å². The minimum atomic E-state index is -0.114. The van der Waals surface area contributed by atoms with E-state index in [1.54, 1.807) is 12.4 Å². The third-order valence-corrected chi connectivity index (χ3v) is 4.87. The topological polar surface area (TPSA) is 54.5 Å². The van der Waals surface area contributed by atoms with Gasteiger partial charge in [-0.25, -0.2) is 0 Å². The van der Waals surface area contributed by atoms with Crippen LogP contribution in [0.3, 0.4) is 0 Å². The Morgan fingerprint density at radius 2 is 2.04 bits per heavy atom. The second-order valence-electron chi connectivity index (χ2n) is 6.26. The first-order valence-electron chi connectivity index (χ1n) is 8.47. The highest BCUT2D eigenvalue weighted by atomic mass is 16.5. The van der Waals surface area contributed by atoms with Gasteiger partial charge in [0.25, 0.3) is 0 Å². The van der Waals surface area contributed by atoms with E-state index < -0.39 is 0 Å². The normalized spacial score (nSPS) is 23.2. The summed E-state index contributed by atoms with van der Waals surface area (Å²) in [6.45, 7) is 2.93. The number of carbonyl (C=O) groups is 1. The third-order valence-electron chi connectivity index (χ3n) is 4.87. The van der Waals surface area contributed by atoms with E-state index in [-0.39, 0.29) is 17.9 Å². The van der Waals surface area contributed by atoms with Gasteiger partial charge in [-0.1, -0.05) is 18.2 Å². The number of fused-ring (bicyclic) bond motifs is 1. The van der Waals surface area contributed by atoms with Gasteiger partial charge in [-0.05, 0) is 30.2 Å². The molecule has 2 aromatic rings. The lowest BCUT2D eigenvalue weighted by molar-refractivity contribution is -0.137. The number of hydrogen-bond donors (Lipinski definition) is 1. The fourth-order valence-electron chi connectivity index (χ4n) is 3.65. The zero-order valence-corrected chi connectivity index (χ0v) is 13.5. The number of piperazine rings is 1. The number of nitrogens with one attached hydrogen (secondary N) is 1. The maximum absolute atomic E-state index is 13.3. The van der Waals surface area contributed by atoms with E-state index in [2.05, 4.69) is 10.3 Å². The molecule has 24 heavy (non-hydrogen) atoms. The minimum absolute atomic E-state index is 0.0595. The Morgan fingerprint density at radius 1 is 1.21 bits per heavy atom. The van der Waals surface area contributed by atoms with E-state index in [1.807, 2.05) is 41.3 Å². The summed E-state index contributed by atoms with van der Waals surface area (Å²) in [5, 5.41) is 3.40. The predicted octanol–water partition coefficient (Wildman–Crippen LogP) is 2.12. The van der Waals surface area contributed by atoms with E-state index in [9.17, 15) is 4.79 Å². The highest BCUT2D eigenvalue weighted by Crippen LogP contribution is 2.36. The molecular weight excluding hydrogens is 302 g/mol. The minimum Gasteiger partial charge on any atom is -0.493 e. The first kappa shape index (κ1) is 15.1. The van der Waals surface area contributed by atoms with Gasteiger partial charge < -0.3 is 15.0 Å². The number of hydrogen-bond acceptors (Lipinski definition) is 4. The van der Waals surface area contributed by atoms with Crippen molar-refractivity contribution in [3.63, 3.8) is 0 Å². The lowest BCUT2D eigenvalue weighted by Gasteiger charge is -2.39. The number of rotatable bonds is 2. The monoisotopic (exact) mass is 323 g/mol. The van der Waals surface area contributed by atoms with Crippen LogP contribution in [0.2, 0.25) is 0 Å². The van der Waals surface area contributed by atoms with Gasteiger partial charge in [0, 0.05) is 37.6 Å². The molecule has 1 N–H and O–H groups in total. The fourth-order valence-corrected chi connectivity index (χ4v) is 3.65. The Kier molecular flexibility index (Phi) is 4.17. The van der Waals surface area contributed by atoms with Crippen LogP contribution >= 0.6 is 0 Å². The standard InChI is InChI=1S/C19H21N3O2/c23-19(16-7-12-24-18-4-2-1-3-15(16)18)22-11-10-21-13-17(22)14-5-8-20-9-6-14/h1-6,8-9,16-17,21H,7,10-13H2. The quantitative estimate of drug-likeness (QED) is 0.920. The maximum Gasteiger partial charge on any atom is 0.230 e. The summed E-state index contributed by atoms with van der Waals surface area (Å²) in [4.78, 5) is 19.4. The summed E-state index contributed by atoms with van der Waals surface area (Å²) >= 11 is 0. The molecule has 0 radical (unpaired) electrons. The molecule has 1 aromatic carbocycles. The van der Waals surface area contributed by atoms with Crippen LogP contribution < -0.4 is 10.1 Å². The third kappa shape index (κ3) is 2.76. The molecule has 1 aromatic heterocycles. The van der Waals surface area contributed by atoms with E-state index >= 15 is 0 Å². The Hall–Kier alpha value is -2.40. The smallest absolute Gasteiger partial charge is 0.230 e. The van der Waals surface area contributed by atoms with Gasteiger partial charge in [0.2, 0.25) is 5.91 Å². The van der Waals surface area contributed by atoms with Crippen molar-refractivity contribution < 1.29 is 9.53 Å². The first-order valence-corrected chi connectivity index (χ1v) is 8.47. The number of amides is 1. The summed E-state index contributed by atoms with van der Waals surface area (Å²) in [5.41, 5.74) is 2.15. The van der Waals surface area contributed by atoms with Crippen molar-refractivity contribution in [1.29, 1.82) is 0 Å². The van der Waals surface area contributed by atoms with Gasteiger partial charge in [-0.3, -0.25) is 9.78 Å². The summed E-state index contributed by atoms with van der Waals surface area (Å²) in [5.74, 6) is 0.934. The average molecular weight is 323 g/mol. The van der Waals surface area contributed by atoms with Crippen LogP contribution in [-0.2, 0) is 4.79 Å². The number of para-hydroxylation sites is 1. The number of pyridine rings is 1. The van der Waals surface area contributed by atoms with E-state index in [0.29, 0.717) is 6.61 Å². The van der Waals surface area contributed by atoms with Crippen molar-refractivity contribution in [3.8, 4) is 5.75 Å². The first-order chi connectivity index (χ1) is 11.8. The summed E-state index contributed by atoms with van der Waals surface area (Å²) in [6, 6.07) is 11.9. The Morgan fingerprint density at radius 3 is 2.92 bits per heavy atom. The molecule has 5 heteroatoms. The molecular formula is C19H21N3O2. The average Bonchev–Trinajstić information content (AvgIpc) is 2.68. The second kappa shape index (κ2) is 6.61. The molecule has 2 unspecified atom stereocenters. The van der Waals surface area contributed by atoms with Crippen LogP contribution in [0, 0.1) is 0 Å². The Bertz CT molecular complexity index is 720. The van der Waals surface area contributed by atoms with E-state index in [0.717, 1.165) is 42.9 Å². The van der Waals surface area contributed by atoms with Crippen LogP contribution in [0.4, 0.5) is 0 Å². The van der Waals surface area contributed by atoms with Gasteiger partial charge in [-0.2, -0.15) is 0 Å². The van der Waals surface area contributed by atoms with Crippen molar-refractivity contribution in [2.45, 2.75) is 18.4 Å². The van der Waals surface area contributed by atoms with E-state index in [4.69, 9.17) is 4.74 Å². The molecule has 1 saturated heterocycles. The Balaban J connectivity index is 1.63. The molecule has 1 amide bonds. The van der Waals surface area contributed by atoms with Crippen LogP contribution in [0.1, 0.15) is 29.5 Å². The molecule has 2 aliphatic heterocycles. The molecule has 2 aliphatic rings. The molecule has 3 heterocycles. The lowest BCUT2D eigenvalue weighted by Crippen LogP contribution is -2.50. The van der Waals surface area contributed by atoms with Crippen LogP contribution in [0.15, 0.2) is 48.8 Å². The van der Waals surface area contributed by atoms with Crippen LogP contribution in [0.25, 0.3) is 0 Å². The van der Waals surface area contributed by atoms with Crippen molar-refractivity contribution in [2.75, 3.05) is 26.2 Å². The fraction of sp³-hybridized carbons (Fsp3) is 0.368. The molecule has 4 rings (SSSR count).